The number of carbonyl (C=O) groups is 2. The van der Waals surface area contributed by atoms with Crippen LogP contribution in [0.3, 0.4) is 0 Å². The van der Waals surface area contributed by atoms with Crippen molar-refractivity contribution in [2.45, 2.75) is 18.9 Å². The summed E-state index contributed by atoms with van der Waals surface area (Å²) < 4.78 is 18.7. The molecule has 3 rings (SSSR count). The van der Waals surface area contributed by atoms with Crippen LogP contribution in [0.1, 0.15) is 24.5 Å². The normalized spacial score (nSPS) is 22.1. The number of hydrogen-bond acceptors (Lipinski definition) is 4. The number of amides is 2. The monoisotopic (exact) mass is 319 g/mol. The van der Waals surface area contributed by atoms with E-state index < -0.39 is 0 Å². The van der Waals surface area contributed by atoms with E-state index in [1.807, 2.05) is 0 Å². The van der Waals surface area contributed by atoms with E-state index in [0.717, 1.165) is 5.56 Å². The number of benzene rings is 1. The fourth-order valence-corrected chi connectivity index (χ4v) is 2.72. The molecule has 0 bridgehead atoms. The molecule has 23 heavy (non-hydrogen) atoms. The largest absolute Gasteiger partial charge is 0.370 e. The first-order valence-electron chi connectivity index (χ1n) is 7.55. The van der Waals surface area contributed by atoms with Gasteiger partial charge < -0.3 is 9.64 Å². The molecule has 0 aromatic heterocycles. The molecule has 0 N–H and O–H groups in total. The maximum absolute atomic E-state index is 13.0. The van der Waals surface area contributed by atoms with Gasteiger partial charge in [-0.15, -0.1) is 0 Å². The van der Waals surface area contributed by atoms with E-state index in [9.17, 15) is 14.0 Å². The van der Waals surface area contributed by atoms with Gasteiger partial charge >= 0.3 is 0 Å². The van der Waals surface area contributed by atoms with Gasteiger partial charge in [-0.3, -0.25) is 9.59 Å². The molecule has 7 heteroatoms. The second kappa shape index (κ2) is 6.45. The van der Waals surface area contributed by atoms with Crippen LogP contribution in [0.2, 0.25) is 0 Å². The number of morpholine rings is 1. The number of hydrogen-bond donors (Lipinski definition) is 0. The predicted octanol–water partition coefficient (Wildman–Crippen LogP) is 1.33. The Morgan fingerprint density at radius 1 is 1.30 bits per heavy atom. The van der Waals surface area contributed by atoms with Gasteiger partial charge in [-0.05, 0) is 17.7 Å². The van der Waals surface area contributed by atoms with Crippen molar-refractivity contribution in [2.24, 2.45) is 5.10 Å². The van der Waals surface area contributed by atoms with Gasteiger partial charge in [0.2, 0.25) is 5.91 Å². The molecule has 2 amide bonds. The summed E-state index contributed by atoms with van der Waals surface area (Å²) in [6, 6.07) is 6.09. The predicted molar refractivity (Wildman–Crippen MR) is 81.1 cm³/mol. The van der Waals surface area contributed by atoms with Crippen molar-refractivity contribution >= 4 is 17.5 Å². The number of halogens is 1. The SMILES string of the molecule is CN1N=C(C(=O)N2CCO[C@@H](c3ccc(F)cc3)C2)CCC1=O. The van der Waals surface area contributed by atoms with Crippen molar-refractivity contribution in [3.8, 4) is 0 Å². The summed E-state index contributed by atoms with van der Waals surface area (Å²) in [6.45, 7) is 1.28. The maximum atomic E-state index is 13.0. The van der Waals surface area contributed by atoms with Crippen LogP contribution < -0.4 is 0 Å². The molecule has 6 nitrogen and oxygen atoms in total. The van der Waals surface area contributed by atoms with Crippen LogP contribution in [0.25, 0.3) is 0 Å². The molecule has 0 radical (unpaired) electrons. The highest BCUT2D eigenvalue weighted by atomic mass is 19.1. The highest BCUT2D eigenvalue weighted by Gasteiger charge is 2.30. The van der Waals surface area contributed by atoms with Crippen LogP contribution in [0, 0.1) is 5.82 Å². The zero-order valence-electron chi connectivity index (χ0n) is 12.9. The average molecular weight is 319 g/mol. The zero-order chi connectivity index (χ0) is 16.4. The number of hydrazone groups is 1. The molecule has 0 saturated carbocycles. The van der Waals surface area contributed by atoms with Crippen LogP contribution in [-0.4, -0.2) is 54.2 Å². The Hall–Kier alpha value is -2.28. The first-order chi connectivity index (χ1) is 11.0. The fraction of sp³-hybridized carbons (Fsp3) is 0.438. The Bertz CT molecular complexity index is 644. The van der Waals surface area contributed by atoms with Crippen molar-refractivity contribution in [3.05, 3.63) is 35.6 Å². The maximum Gasteiger partial charge on any atom is 0.270 e. The van der Waals surface area contributed by atoms with E-state index in [1.165, 1.54) is 17.1 Å². The number of rotatable bonds is 2. The molecule has 0 spiro atoms. The molecule has 0 aliphatic carbocycles. The highest BCUT2D eigenvalue weighted by Crippen LogP contribution is 2.23. The van der Waals surface area contributed by atoms with Gasteiger partial charge in [-0.25, -0.2) is 9.40 Å². The lowest BCUT2D eigenvalue weighted by Gasteiger charge is -2.34. The van der Waals surface area contributed by atoms with Crippen molar-refractivity contribution in [1.82, 2.24) is 9.91 Å². The van der Waals surface area contributed by atoms with Crippen LogP contribution in [0.15, 0.2) is 29.4 Å². The molecular weight excluding hydrogens is 301 g/mol. The summed E-state index contributed by atoms with van der Waals surface area (Å²) in [6.07, 6.45) is 0.379. The first kappa shape index (κ1) is 15.6. The van der Waals surface area contributed by atoms with Gasteiger partial charge in [0.1, 0.15) is 17.6 Å². The molecule has 1 aromatic rings. The summed E-state index contributed by atoms with van der Waals surface area (Å²) >= 11 is 0. The molecule has 1 atom stereocenters. The molecule has 2 heterocycles. The fourth-order valence-electron chi connectivity index (χ4n) is 2.72. The quantitative estimate of drug-likeness (QED) is 0.826. The number of ether oxygens (including phenoxy) is 1. The van der Waals surface area contributed by atoms with Gasteiger partial charge in [0.25, 0.3) is 5.91 Å². The lowest BCUT2D eigenvalue weighted by atomic mass is 10.1. The highest BCUT2D eigenvalue weighted by molar-refractivity contribution is 6.39. The Morgan fingerprint density at radius 2 is 2.04 bits per heavy atom. The topological polar surface area (TPSA) is 62.2 Å². The molecule has 0 unspecified atom stereocenters. The molecule has 2 aliphatic heterocycles. The third kappa shape index (κ3) is 3.39. The molecule has 1 fully saturated rings. The van der Waals surface area contributed by atoms with Crippen molar-refractivity contribution < 1.29 is 18.7 Å². The molecule has 2 aliphatic rings. The molecule has 1 aromatic carbocycles. The van der Waals surface area contributed by atoms with Crippen molar-refractivity contribution in [3.63, 3.8) is 0 Å². The Kier molecular flexibility index (Phi) is 4.38. The number of carbonyl (C=O) groups excluding carboxylic acids is 2. The summed E-state index contributed by atoms with van der Waals surface area (Å²) in [4.78, 5) is 25.7. The third-order valence-corrected chi connectivity index (χ3v) is 4.05. The van der Waals surface area contributed by atoms with E-state index in [-0.39, 0.29) is 23.7 Å². The van der Waals surface area contributed by atoms with Crippen LogP contribution >= 0.6 is 0 Å². The summed E-state index contributed by atoms with van der Waals surface area (Å²) in [5.74, 6) is -0.561. The van der Waals surface area contributed by atoms with Crippen molar-refractivity contribution in [2.75, 3.05) is 26.7 Å². The minimum atomic E-state index is -0.304. The standard InChI is InChI=1S/C16H18FN3O3/c1-19-15(21)7-6-13(18-19)16(22)20-8-9-23-14(10-20)11-2-4-12(17)5-3-11/h2-5,14H,6-10H2,1H3/t14-/m1/s1. The van der Waals surface area contributed by atoms with E-state index in [0.29, 0.717) is 38.2 Å². The summed E-state index contributed by atoms with van der Waals surface area (Å²) in [7, 11) is 1.55. The molecular formula is C16H18FN3O3. The van der Waals surface area contributed by atoms with Crippen LogP contribution in [0.5, 0.6) is 0 Å². The van der Waals surface area contributed by atoms with E-state index >= 15 is 0 Å². The van der Waals surface area contributed by atoms with Gasteiger partial charge in [-0.2, -0.15) is 5.10 Å². The second-order valence-corrected chi connectivity index (χ2v) is 5.63. The van der Waals surface area contributed by atoms with E-state index in [4.69, 9.17) is 4.74 Å². The minimum absolute atomic E-state index is 0.0901. The lowest BCUT2D eigenvalue weighted by Crippen LogP contribution is -2.46. The second-order valence-electron chi connectivity index (χ2n) is 5.63. The summed E-state index contributed by atoms with van der Waals surface area (Å²) in [5, 5.41) is 5.28. The Balaban J connectivity index is 1.71. The van der Waals surface area contributed by atoms with Gasteiger partial charge in [0, 0.05) is 26.4 Å². The number of nitrogens with zero attached hydrogens (tertiary/aromatic N) is 3. The Morgan fingerprint density at radius 3 is 2.74 bits per heavy atom. The van der Waals surface area contributed by atoms with Gasteiger partial charge in [0.15, 0.2) is 0 Å². The van der Waals surface area contributed by atoms with Gasteiger partial charge in [-0.1, -0.05) is 12.1 Å². The zero-order valence-corrected chi connectivity index (χ0v) is 12.9. The lowest BCUT2D eigenvalue weighted by molar-refractivity contribution is -0.133. The first-order valence-corrected chi connectivity index (χ1v) is 7.55. The molecule has 1 saturated heterocycles. The van der Waals surface area contributed by atoms with Crippen LogP contribution in [-0.2, 0) is 14.3 Å². The van der Waals surface area contributed by atoms with Crippen LogP contribution in [0.4, 0.5) is 4.39 Å². The summed E-state index contributed by atoms with van der Waals surface area (Å²) in [5.41, 5.74) is 1.23. The van der Waals surface area contributed by atoms with E-state index in [1.54, 1.807) is 24.1 Å². The minimum Gasteiger partial charge on any atom is -0.370 e. The van der Waals surface area contributed by atoms with Crippen molar-refractivity contribution in [1.29, 1.82) is 0 Å². The average Bonchev–Trinajstić information content (AvgIpc) is 2.57. The smallest absolute Gasteiger partial charge is 0.270 e. The third-order valence-electron chi connectivity index (χ3n) is 4.05. The van der Waals surface area contributed by atoms with E-state index in [2.05, 4.69) is 5.10 Å². The Labute approximate surface area is 133 Å². The molecule has 122 valence electrons. The van der Waals surface area contributed by atoms with Gasteiger partial charge in [0.05, 0.1) is 13.2 Å².